The highest BCUT2D eigenvalue weighted by molar-refractivity contribution is 5.98. The number of benzene rings is 1. The predicted molar refractivity (Wildman–Crippen MR) is 104 cm³/mol. The monoisotopic (exact) mass is 362 g/mol. The van der Waals surface area contributed by atoms with E-state index >= 15 is 0 Å². The van der Waals surface area contributed by atoms with Crippen molar-refractivity contribution >= 4 is 17.0 Å². The highest BCUT2D eigenvalue weighted by Crippen LogP contribution is 2.36. The summed E-state index contributed by atoms with van der Waals surface area (Å²) in [5.41, 5.74) is 1.80. The van der Waals surface area contributed by atoms with Crippen LogP contribution >= 0.6 is 0 Å². The highest BCUT2D eigenvalue weighted by Gasteiger charge is 2.23. The molecule has 7 nitrogen and oxygen atoms in total. The number of pyridine rings is 1. The van der Waals surface area contributed by atoms with Crippen LogP contribution in [0, 0.1) is 0 Å². The van der Waals surface area contributed by atoms with Gasteiger partial charge in [-0.3, -0.25) is 18.9 Å². The van der Waals surface area contributed by atoms with Gasteiger partial charge in [-0.2, -0.15) is 0 Å². The van der Waals surface area contributed by atoms with E-state index < -0.39 is 11.2 Å². The fourth-order valence-corrected chi connectivity index (χ4v) is 3.11. The number of hydrogen-bond donors (Lipinski definition) is 1. The molecule has 3 aromatic heterocycles. The molecule has 0 radical (unpaired) electrons. The van der Waals surface area contributed by atoms with E-state index in [1.807, 2.05) is 36.4 Å². The molecule has 136 valence electrons. The maximum Gasteiger partial charge on any atom is 0.333 e. The summed E-state index contributed by atoms with van der Waals surface area (Å²) in [5.74, 6) is 0.431. The number of anilines is 1. The number of aryl methyl sites for hydroxylation is 1. The van der Waals surface area contributed by atoms with Crippen molar-refractivity contribution in [3.05, 3.63) is 81.3 Å². The smallest absolute Gasteiger partial charge is 0.333 e. The fourth-order valence-electron chi connectivity index (χ4n) is 3.11. The third-order valence-electron chi connectivity index (χ3n) is 4.53. The van der Waals surface area contributed by atoms with E-state index in [2.05, 4.69) is 10.3 Å². The number of fused-ring (bicyclic) bond motifs is 1. The zero-order chi connectivity index (χ0) is 19.0. The third kappa shape index (κ3) is 2.83. The van der Waals surface area contributed by atoms with Crippen LogP contribution in [-0.4, -0.2) is 14.1 Å². The molecule has 0 spiro atoms. The molecule has 0 aliphatic rings. The average Bonchev–Trinajstić information content (AvgIpc) is 3.10. The molecule has 1 N–H and O–H groups in total. The van der Waals surface area contributed by atoms with E-state index in [-0.39, 0.29) is 5.71 Å². The Balaban J connectivity index is 1.95. The van der Waals surface area contributed by atoms with Crippen LogP contribution in [0.3, 0.4) is 0 Å². The Labute approximate surface area is 154 Å². The van der Waals surface area contributed by atoms with E-state index in [9.17, 15) is 9.59 Å². The van der Waals surface area contributed by atoms with Gasteiger partial charge in [0.25, 0.3) is 5.56 Å². The molecule has 0 saturated heterocycles. The molecule has 4 rings (SSSR count). The number of hydrogen-bond acceptors (Lipinski definition) is 5. The summed E-state index contributed by atoms with van der Waals surface area (Å²) >= 11 is 0. The van der Waals surface area contributed by atoms with E-state index in [1.165, 1.54) is 11.6 Å². The molecule has 0 amide bonds. The molecule has 1 aromatic carbocycles. The van der Waals surface area contributed by atoms with Crippen molar-refractivity contribution in [3.8, 4) is 11.1 Å². The summed E-state index contributed by atoms with van der Waals surface area (Å²) in [7, 11) is 3.04. The Morgan fingerprint density at radius 3 is 2.52 bits per heavy atom. The lowest BCUT2D eigenvalue weighted by atomic mass is 10.1. The minimum absolute atomic E-state index is 0.234. The Morgan fingerprint density at radius 2 is 1.81 bits per heavy atom. The number of nitrogens with one attached hydrogen (secondary N) is 1. The van der Waals surface area contributed by atoms with Crippen LogP contribution in [0.25, 0.3) is 22.2 Å². The van der Waals surface area contributed by atoms with Crippen molar-refractivity contribution in [3.63, 3.8) is 0 Å². The first-order chi connectivity index (χ1) is 13.1. The summed E-state index contributed by atoms with van der Waals surface area (Å²) in [6.07, 6.45) is 3.33. The second kappa shape index (κ2) is 6.60. The number of furan rings is 1. The van der Waals surface area contributed by atoms with E-state index in [0.717, 1.165) is 15.7 Å². The second-order valence-electron chi connectivity index (χ2n) is 6.27. The van der Waals surface area contributed by atoms with Gasteiger partial charge < -0.3 is 9.73 Å². The summed E-state index contributed by atoms with van der Waals surface area (Å²) in [6, 6.07) is 13.5. The van der Waals surface area contributed by atoms with Crippen molar-refractivity contribution in [2.75, 3.05) is 5.32 Å². The van der Waals surface area contributed by atoms with Crippen molar-refractivity contribution in [2.24, 2.45) is 14.1 Å². The lowest BCUT2D eigenvalue weighted by molar-refractivity contribution is 0.572. The lowest BCUT2D eigenvalue weighted by Gasteiger charge is -2.06. The Hall–Kier alpha value is -3.61. The molecule has 7 heteroatoms. The lowest BCUT2D eigenvalue weighted by Crippen LogP contribution is -2.36. The van der Waals surface area contributed by atoms with Gasteiger partial charge in [-0.25, -0.2) is 4.79 Å². The first-order valence-electron chi connectivity index (χ1n) is 8.48. The van der Waals surface area contributed by atoms with Gasteiger partial charge in [-0.15, -0.1) is 0 Å². The average molecular weight is 362 g/mol. The molecule has 0 aliphatic heterocycles. The van der Waals surface area contributed by atoms with E-state index in [1.54, 1.807) is 25.5 Å². The maximum atomic E-state index is 12.8. The standard InChI is InChI=1S/C20H18N4O3/c1-23-18(25)16-15(14-9-6-10-21-12-14)17(27-19(16)24(2)20(23)26)22-11-13-7-4-3-5-8-13/h3-10,12,22H,11H2,1-2H3. The molecule has 0 unspecified atom stereocenters. The van der Waals surface area contributed by atoms with Gasteiger partial charge >= 0.3 is 5.69 Å². The fraction of sp³-hybridized carbons (Fsp3) is 0.150. The van der Waals surface area contributed by atoms with Crippen LogP contribution < -0.4 is 16.6 Å². The number of aromatic nitrogens is 3. The van der Waals surface area contributed by atoms with Gasteiger partial charge in [-0.05, 0) is 11.6 Å². The van der Waals surface area contributed by atoms with Crippen molar-refractivity contribution in [1.29, 1.82) is 0 Å². The van der Waals surface area contributed by atoms with Crippen LogP contribution in [0.2, 0.25) is 0 Å². The van der Waals surface area contributed by atoms with Gasteiger partial charge in [0.1, 0.15) is 5.39 Å². The van der Waals surface area contributed by atoms with Gasteiger partial charge in [-0.1, -0.05) is 36.4 Å². The molecule has 4 aromatic rings. The Morgan fingerprint density at radius 1 is 1.04 bits per heavy atom. The molecule has 0 aliphatic carbocycles. The first kappa shape index (κ1) is 16.8. The van der Waals surface area contributed by atoms with Crippen LogP contribution in [0.5, 0.6) is 0 Å². The van der Waals surface area contributed by atoms with Crippen LogP contribution in [-0.2, 0) is 20.6 Å². The van der Waals surface area contributed by atoms with Crippen molar-refractivity contribution in [1.82, 2.24) is 14.1 Å². The topological polar surface area (TPSA) is 82.1 Å². The molecule has 0 fully saturated rings. The zero-order valence-electron chi connectivity index (χ0n) is 15.0. The van der Waals surface area contributed by atoms with Crippen molar-refractivity contribution < 1.29 is 4.42 Å². The Kier molecular flexibility index (Phi) is 4.12. The Bertz CT molecular complexity index is 1220. The summed E-state index contributed by atoms with van der Waals surface area (Å²) in [5, 5.41) is 3.60. The van der Waals surface area contributed by atoms with E-state index in [0.29, 0.717) is 23.4 Å². The SMILES string of the molecule is Cn1c(=O)c2c(-c3cccnc3)c(NCc3ccccc3)oc2n(C)c1=O. The van der Waals surface area contributed by atoms with E-state index in [4.69, 9.17) is 4.42 Å². The third-order valence-corrected chi connectivity index (χ3v) is 4.53. The maximum absolute atomic E-state index is 12.8. The summed E-state index contributed by atoms with van der Waals surface area (Å²) in [4.78, 5) is 29.2. The largest absolute Gasteiger partial charge is 0.423 e. The van der Waals surface area contributed by atoms with Crippen LogP contribution in [0.15, 0.2) is 68.9 Å². The summed E-state index contributed by atoms with van der Waals surface area (Å²) < 4.78 is 8.35. The van der Waals surface area contributed by atoms with Crippen LogP contribution in [0.1, 0.15) is 5.56 Å². The summed E-state index contributed by atoms with van der Waals surface area (Å²) in [6.45, 7) is 0.516. The number of rotatable bonds is 4. The molecular formula is C20H18N4O3. The highest BCUT2D eigenvalue weighted by atomic mass is 16.4. The second-order valence-corrected chi connectivity index (χ2v) is 6.27. The normalized spacial score (nSPS) is 11.0. The van der Waals surface area contributed by atoms with Gasteiger partial charge in [0.2, 0.25) is 11.6 Å². The molecule has 0 atom stereocenters. The number of nitrogens with zero attached hydrogens (tertiary/aromatic N) is 3. The van der Waals surface area contributed by atoms with Gasteiger partial charge in [0, 0.05) is 38.6 Å². The predicted octanol–water partition coefficient (Wildman–Crippen LogP) is 2.50. The molecule has 27 heavy (non-hydrogen) atoms. The minimum Gasteiger partial charge on any atom is -0.423 e. The first-order valence-corrected chi connectivity index (χ1v) is 8.48. The molecule has 0 bridgehead atoms. The van der Waals surface area contributed by atoms with Gasteiger partial charge in [0.15, 0.2) is 0 Å². The molecule has 0 saturated carbocycles. The van der Waals surface area contributed by atoms with Gasteiger partial charge in [0.05, 0.1) is 5.56 Å². The van der Waals surface area contributed by atoms with Crippen LogP contribution in [0.4, 0.5) is 5.88 Å². The molecule has 3 heterocycles. The quantitative estimate of drug-likeness (QED) is 0.603. The zero-order valence-corrected chi connectivity index (χ0v) is 15.0. The minimum atomic E-state index is -0.436. The van der Waals surface area contributed by atoms with Crippen molar-refractivity contribution in [2.45, 2.75) is 6.54 Å². The molecular weight excluding hydrogens is 344 g/mol.